The minimum Gasteiger partial charge on any atom is -0.443 e. The van der Waals surface area contributed by atoms with Crippen molar-refractivity contribution >= 4 is 6.09 Å². The third-order valence-electron chi connectivity index (χ3n) is 2.43. The summed E-state index contributed by atoms with van der Waals surface area (Å²) in [5.74, 6) is 0. The molecule has 2 saturated heterocycles. The van der Waals surface area contributed by atoms with Crippen LogP contribution in [0.1, 0.15) is 6.42 Å². The highest BCUT2D eigenvalue weighted by atomic mass is 16.6. The molecule has 11 heavy (non-hydrogen) atoms. The van der Waals surface area contributed by atoms with E-state index < -0.39 is 0 Å². The van der Waals surface area contributed by atoms with Crippen molar-refractivity contribution in [2.45, 2.75) is 18.6 Å². The number of carbonyl (C=O) groups is 1. The van der Waals surface area contributed by atoms with Crippen LogP contribution in [-0.4, -0.2) is 43.3 Å². The van der Waals surface area contributed by atoms with E-state index in [0.29, 0.717) is 6.04 Å². The van der Waals surface area contributed by atoms with E-state index in [4.69, 9.17) is 4.74 Å². The first-order valence-electron chi connectivity index (χ1n) is 3.93. The van der Waals surface area contributed by atoms with E-state index in [9.17, 15) is 4.79 Å². The van der Waals surface area contributed by atoms with Crippen molar-refractivity contribution in [1.82, 2.24) is 10.2 Å². The molecule has 2 aliphatic heterocycles. The van der Waals surface area contributed by atoms with Crippen LogP contribution in [0.2, 0.25) is 0 Å². The van der Waals surface area contributed by atoms with Gasteiger partial charge in [-0.15, -0.1) is 0 Å². The van der Waals surface area contributed by atoms with Gasteiger partial charge in [-0.05, 0) is 13.0 Å². The van der Waals surface area contributed by atoms with Gasteiger partial charge in [-0.25, -0.2) is 4.79 Å². The van der Waals surface area contributed by atoms with Gasteiger partial charge in [0.05, 0.1) is 6.04 Å². The van der Waals surface area contributed by atoms with E-state index in [2.05, 4.69) is 5.32 Å². The molecule has 2 atom stereocenters. The number of fused-ring (bicyclic) bond motifs is 1. The fourth-order valence-corrected chi connectivity index (χ4v) is 1.73. The summed E-state index contributed by atoms with van der Waals surface area (Å²) in [5.41, 5.74) is 0. The summed E-state index contributed by atoms with van der Waals surface area (Å²) in [7, 11) is 1.80. The maximum absolute atomic E-state index is 11.0. The highest BCUT2D eigenvalue weighted by molar-refractivity contribution is 5.70. The Morgan fingerprint density at radius 3 is 3.27 bits per heavy atom. The van der Waals surface area contributed by atoms with Crippen molar-refractivity contribution in [2.24, 2.45) is 0 Å². The van der Waals surface area contributed by atoms with Crippen LogP contribution in [0.4, 0.5) is 4.79 Å². The zero-order valence-corrected chi connectivity index (χ0v) is 6.54. The van der Waals surface area contributed by atoms with Gasteiger partial charge in [0.25, 0.3) is 0 Å². The van der Waals surface area contributed by atoms with E-state index in [1.807, 2.05) is 0 Å². The number of hydrogen-bond donors (Lipinski definition) is 1. The summed E-state index contributed by atoms with van der Waals surface area (Å²) in [5, 5.41) is 3.19. The van der Waals surface area contributed by atoms with Crippen LogP contribution in [0, 0.1) is 0 Å². The third kappa shape index (κ3) is 0.976. The Balaban J connectivity index is 2.11. The van der Waals surface area contributed by atoms with Gasteiger partial charge in [-0.3, -0.25) is 0 Å². The molecule has 0 aromatic carbocycles. The molecule has 1 N–H and O–H groups in total. The molecule has 2 heterocycles. The molecule has 0 aliphatic carbocycles. The van der Waals surface area contributed by atoms with Crippen molar-refractivity contribution in [3.05, 3.63) is 0 Å². The number of likely N-dealkylation sites (N-methyl/N-ethyl adjacent to an activating group) is 1. The van der Waals surface area contributed by atoms with E-state index >= 15 is 0 Å². The number of nitrogens with one attached hydrogen (secondary N) is 1. The topological polar surface area (TPSA) is 41.6 Å². The lowest BCUT2D eigenvalue weighted by Gasteiger charge is -2.26. The molecule has 0 radical (unpaired) electrons. The van der Waals surface area contributed by atoms with Crippen LogP contribution in [0.3, 0.4) is 0 Å². The maximum atomic E-state index is 11.0. The number of carbonyl (C=O) groups excluding carboxylic acids is 1. The minimum absolute atomic E-state index is 0.0845. The van der Waals surface area contributed by atoms with Gasteiger partial charge in [0, 0.05) is 13.6 Å². The second kappa shape index (κ2) is 2.37. The Hall–Kier alpha value is -0.770. The molecule has 2 fully saturated rings. The first-order chi connectivity index (χ1) is 5.29. The molecule has 0 aromatic rings. The molecular weight excluding hydrogens is 144 g/mol. The van der Waals surface area contributed by atoms with Crippen LogP contribution in [0.15, 0.2) is 0 Å². The van der Waals surface area contributed by atoms with Gasteiger partial charge in [-0.2, -0.15) is 0 Å². The maximum Gasteiger partial charge on any atom is 0.410 e. The summed E-state index contributed by atoms with van der Waals surface area (Å²) >= 11 is 0. The zero-order valence-electron chi connectivity index (χ0n) is 6.54. The average Bonchev–Trinajstić information content (AvgIpc) is 2.30. The van der Waals surface area contributed by atoms with Crippen molar-refractivity contribution in [3.8, 4) is 0 Å². The lowest BCUT2D eigenvalue weighted by Crippen LogP contribution is -2.46. The van der Waals surface area contributed by atoms with Crippen LogP contribution in [0.25, 0.3) is 0 Å². The quantitative estimate of drug-likeness (QED) is 0.528. The molecule has 2 aliphatic rings. The summed E-state index contributed by atoms with van der Waals surface area (Å²) in [6, 6.07) is 0.309. The number of amides is 1. The summed E-state index contributed by atoms with van der Waals surface area (Å²) in [6.07, 6.45) is 0.914. The lowest BCUT2D eigenvalue weighted by atomic mass is 10.0. The van der Waals surface area contributed by atoms with Gasteiger partial charge in [0.15, 0.2) is 0 Å². The number of piperidine rings is 1. The predicted octanol–water partition coefficient (Wildman–Crippen LogP) is -0.201. The minimum atomic E-state index is -0.177. The summed E-state index contributed by atoms with van der Waals surface area (Å²) < 4.78 is 5.10. The normalized spacial score (nSPS) is 36.8. The highest BCUT2D eigenvalue weighted by Gasteiger charge is 2.40. The fourth-order valence-electron chi connectivity index (χ4n) is 1.73. The van der Waals surface area contributed by atoms with Crippen molar-refractivity contribution in [1.29, 1.82) is 0 Å². The molecular formula is C7H12N2O2. The highest BCUT2D eigenvalue weighted by Crippen LogP contribution is 2.21. The lowest BCUT2D eigenvalue weighted by molar-refractivity contribution is 0.121. The van der Waals surface area contributed by atoms with E-state index in [1.165, 1.54) is 0 Å². The Morgan fingerprint density at radius 1 is 1.73 bits per heavy atom. The fraction of sp³-hybridized carbons (Fsp3) is 0.857. The number of nitrogens with zero attached hydrogens (tertiary/aromatic N) is 1. The largest absolute Gasteiger partial charge is 0.443 e. The van der Waals surface area contributed by atoms with E-state index in [-0.39, 0.29) is 12.2 Å². The SMILES string of the molecule is CN1C(=O)O[C@H]2CNCCC21. The Morgan fingerprint density at radius 2 is 2.55 bits per heavy atom. The van der Waals surface area contributed by atoms with E-state index in [1.54, 1.807) is 11.9 Å². The first-order valence-corrected chi connectivity index (χ1v) is 3.93. The van der Waals surface area contributed by atoms with E-state index in [0.717, 1.165) is 19.5 Å². The number of ether oxygens (including phenoxy) is 1. The Kier molecular flexibility index (Phi) is 1.49. The Bertz CT molecular complexity index is 183. The zero-order chi connectivity index (χ0) is 7.84. The van der Waals surface area contributed by atoms with Crippen LogP contribution < -0.4 is 5.32 Å². The van der Waals surface area contributed by atoms with Gasteiger partial charge in [0.2, 0.25) is 0 Å². The van der Waals surface area contributed by atoms with Gasteiger partial charge in [-0.1, -0.05) is 0 Å². The summed E-state index contributed by atoms with van der Waals surface area (Å²) in [6.45, 7) is 1.79. The monoisotopic (exact) mass is 156 g/mol. The first kappa shape index (κ1) is 6.91. The molecule has 4 nitrogen and oxygen atoms in total. The van der Waals surface area contributed by atoms with Crippen molar-refractivity contribution in [3.63, 3.8) is 0 Å². The van der Waals surface area contributed by atoms with Crippen LogP contribution >= 0.6 is 0 Å². The second-order valence-electron chi connectivity index (χ2n) is 3.09. The molecule has 0 saturated carbocycles. The molecule has 1 amide bonds. The van der Waals surface area contributed by atoms with Crippen LogP contribution in [0.5, 0.6) is 0 Å². The standard InChI is InChI=1S/C7H12N2O2/c1-9-5-2-3-8-4-6(5)11-7(9)10/h5-6,8H,2-4H2,1H3/t5?,6-/m0/s1. The van der Waals surface area contributed by atoms with Gasteiger partial charge in [0.1, 0.15) is 6.10 Å². The molecule has 0 aromatic heterocycles. The van der Waals surface area contributed by atoms with Gasteiger partial charge >= 0.3 is 6.09 Å². The Labute approximate surface area is 65.5 Å². The molecule has 1 unspecified atom stereocenters. The molecule has 0 spiro atoms. The number of rotatable bonds is 0. The third-order valence-corrected chi connectivity index (χ3v) is 2.43. The predicted molar refractivity (Wildman–Crippen MR) is 39.3 cm³/mol. The molecule has 2 rings (SSSR count). The molecule has 4 heteroatoms. The summed E-state index contributed by atoms with van der Waals surface area (Å²) in [4.78, 5) is 12.7. The second-order valence-corrected chi connectivity index (χ2v) is 3.09. The molecule has 62 valence electrons. The molecule has 0 bridgehead atoms. The van der Waals surface area contributed by atoms with Gasteiger partial charge < -0.3 is 15.0 Å². The average molecular weight is 156 g/mol. The smallest absolute Gasteiger partial charge is 0.410 e. The number of hydrogen-bond acceptors (Lipinski definition) is 3. The van der Waals surface area contributed by atoms with Crippen LogP contribution in [-0.2, 0) is 4.74 Å². The van der Waals surface area contributed by atoms with Crippen molar-refractivity contribution < 1.29 is 9.53 Å². The van der Waals surface area contributed by atoms with Crippen molar-refractivity contribution in [2.75, 3.05) is 20.1 Å².